The Morgan fingerprint density at radius 1 is 0.957 bits per heavy atom. The Morgan fingerprint density at radius 3 is 2.22 bits per heavy atom. The number of ether oxygens (including phenoxy) is 1. The maximum Gasteiger partial charge on any atom is 0.345 e. The Hall–Kier alpha value is -1.94. The van der Waals surface area contributed by atoms with E-state index < -0.39 is 19.4 Å². The summed E-state index contributed by atoms with van der Waals surface area (Å²) in [6.45, 7) is 0. The molecule has 0 bridgehead atoms. The highest BCUT2D eigenvalue weighted by molar-refractivity contribution is 7.55. The van der Waals surface area contributed by atoms with Crippen molar-refractivity contribution in [3.8, 4) is 5.75 Å². The fourth-order valence-corrected chi connectivity index (χ4v) is 4.37. The minimum absolute atomic E-state index is 0.298. The molecule has 1 aliphatic rings. The molecule has 6 heteroatoms. The van der Waals surface area contributed by atoms with Crippen LogP contribution in [0.15, 0.2) is 54.6 Å². The first-order valence-electron chi connectivity index (χ1n) is 7.17. The molecule has 0 amide bonds. The lowest BCUT2D eigenvalue weighted by Gasteiger charge is -2.35. The normalized spacial score (nSPS) is 20.7. The maximum absolute atomic E-state index is 13.0. The van der Waals surface area contributed by atoms with E-state index in [1.807, 2.05) is 30.3 Å². The lowest BCUT2D eigenvalue weighted by Crippen LogP contribution is -2.37. The van der Waals surface area contributed by atoms with Crippen LogP contribution in [0.2, 0.25) is 0 Å². The molecule has 0 spiro atoms. The molecule has 0 aliphatic carbocycles. The smallest absolute Gasteiger partial charge is 0.345 e. The second kappa shape index (κ2) is 6.28. The van der Waals surface area contributed by atoms with Crippen LogP contribution in [0.3, 0.4) is 0 Å². The molecular weight excluding hydrogens is 315 g/mol. The van der Waals surface area contributed by atoms with Crippen molar-refractivity contribution in [3.05, 3.63) is 65.7 Å². The number of rotatable bonds is 4. The molecule has 0 saturated heterocycles. The van der Waals surface area contributed by atoms with Crippen LogP contribution in [-0.4, -0.2) is 25.7 Å². The summed E-state index contributed by atoms with van der Waals surface area (Å²) in [4.78, 5) is 13.0. The van der Waals surface area contributed by atoms with Crippen LogP contribution in [0.5, 0.6) is 5.75 Å². The van der Waals surface area contributed by atoms with Gasteiger partial charge < -0.3 is 13.8 Å². The second-order valence-electron chi connectivity index (χ2n) is 5.16. The molecule has 5 nitrogen and oxygen atoms in total. The van der Waals surface area contributed by atoms with Crippen molar-refractivity contribution in [1.82, 2.24) is 0 Å². The number of hydrogen-bond donors (Lipinski definition) is 0. The van der Waals surface area contributed by atoms with Gasteiger partial charge in [-0.2, -0.15) is 0 Å². The van der Waals surface area contributed by atoms with E-state index in [0.717, 1.165) is 5.56 Å². The fraction of sp³-hybridized carbons (Fsp3) is 0.235. The molecule has 2 atom stereocenters. The molecule has 2 aromatic rings. The van der Waals surface area contributed by atoms with E-state index in [2.05, 4.69) is 0 Å². The van der Waals surface area contributed by atoms with Crippen molar-refractivity contribution < 1.29 is 23.1 Å². The Kier molecular flexibility index (Phi) is 4.35. The maximum atomic E-state index is 13.0. The van der Waals surface area contributed by atoms with E-state index in [0.29, 0.717) is 11.3 Å². The molecule has 1 heterocycles. The van der Waals surface area contributed by atoms with Crippen molar-refractivity contribution >= 4 is 13.4 Å². The molecule has 23 heavy (non-hydrogen) atoms. The molecule has 0 radical (unpaired) electrons. The van der Waals surface area contributed by atoms with Crippen LogP contribution in [0, 0.1) is 0 Å². The number of fused-ring (bicyclic) bond motifs is 1. The second-order valence-corrected chi connectivity index (χ2v) is 7.53. The quantitative estimate of drug-likeness (QED) is 0.796. The molecule has 1 aliphatic heterocycles. The highest BCUT2D eigenvalue weighted by Gasteiger charge is 2.50. The summed E-state index contributed by atoms with van der Waals surface area (Å²) in [5.74, 6) is 0.175. The van der Waals surface area contributed by atoms with Gasteiger partial charge in [-0.1, -0.05) is 42.5 Å². The van der Waals surface area contributed by atoms with Crippen molar-refractivity contribution in [2.24, 2.45) is 0 Å². The SMILES string of the molecule is COP(=O)(OC)C1C(=O)c2ccccc2OC1c1ccccc1. The van der Waals surface area contributed by atoms with E-state index in [4.69, 9.17) is 13.8 Å². The number of carbonyl (C=O) groups is 1. The van der Waals surface area contributed by atoms with Gasteiger partial charge in [-0.3, -0.25) is 9.36 Å². The number of para-hydroxylation sites is 1. The molecule has 0 fully saturated rings. The lowest BCUT2D eigenvalue weighted by atomic mass is 9.96. The van der Waals surface area contributed by atoms with Crippen LogP contribution in [0.4, 0.5) is 0 Å². The number of Topliss-reactive ketones (excluding diaryl/α,β-unsaturated/α-hetero) is 1. The monoisotopic (exact) mass is 332 g/mol. The van der Waals surface area contributed by atoms with Crippen molar-refractivity contribution in [2.45, 2.75) is 11.8 Å². The van der Waals surface area contributed by atoms with Crippen molar-refractivity contribution in [1.29, 1.82) is 0 Å². The summed E-state index contributed by atoms with van der Waals surface area (Å²) < 4.78 is 29.2. The molecule has 2 aromatic carbocycles. The Labute approximate surface area is 134 Å². The predicted molar refractivity (Wildman–Crippen MR) is 86.0 cm³/mol. The predicted octanol–water partition coefficient (Wildman–Crippen LogP) is 3.86. The molecule has 2 unspecified atom stereocenters. The highest BCUT2D eigenvalue weighted by atomic mass is 31.2. The first kappa shape index (κ1) is 15.9. The largest absolute Gasteiger partial charge is 0.484 e. The van der Waals surface area contributed by atoms with Crippen LogP contribution < -0.4 is 4.74 Å². The summed E-state index contributed by atoms with van der Waals surface area (Å²) in [6.07, 6.45) is -0.732. The standard InChI is InChI=1S/C17H17O5P/c1-20-23(19,21-2)17-15(18)13-10-6-7-11-14(13)22-16(17)12-8-4-3-5-9-12/h3-11,16-17H,1-2H3. The minimum Gasteiger partial charge on any atom is -0.484 e. The average molecular weight is 332 g/mol. The number of hydrogen-bond acceptors (Lipinski definition) is 5. The molecule has 120 valence electrons. The zero-order chi connectivity index (χ0) is 16.4. The van der Waals surface area contributed by atoms with Gasteiger partial charge in [0, 0.05) is 14.2 Å². The lowest BCUT2D eigenvalue weighted by molar-refractivity contribution is 0.0823. The summed E-state index contributed by atoms with van der Waals surface area (Å²) in [6, 6.07) is 16.1. The van der Waals surface area contributed by atoms with Crippen LogP contribution in [-0.2, 0) is 13.6 Å². The minimum atomic E-state index is -3.66. The summed E-state index contributed by atoms with van der Waals surface area (Å²) >= 11 is 0. The topological polar surface area (TPSA) is 61.8 Å². The summed E-state index contributed by atoms with van der Waals surface area (Å²) in [5, 5.41) is 0. The molecule has 0 aromatic heterocycles. The molecular formula is C17H17O5P. The first-order chi connectivity index (χ1) is 11.1. The van der Waals surface area contributed by atoms with E-state index in [1.54, 1.807) is 24.3 Å². The third-order valence-electron chi connectivity index (χ3n) is 3.94. The van der Waals surface area contributed by atoms with Gasteiger partial charge in [0.25, 0.3) is 0 Å². The number of carbonyl (C=O) groups excluding carboxylic acids is 1. The van der Waals surface area contributed by atoms with Crippen molar-refractivity contribution in [3.63, 3.8) is 0 Å². The van der Waals surface area contributed by atoms with E-state index >= 15 is 0 Å². The fourth-order valence-electron chi connectivity index (χ4n) is 2.78. The Morgan fingerprint density at radius 2 is 1.57 bits per heavy atom. The van der Waals surface area contributed by atoms with Gasteiger partial charge in [-0.05, 0) is 17.7 Å². The van der Waals surface area contributed by atoms with E-state index in [9.17, 15) is 9.36 Å². The van der Waals surface area contributed by atoms with Gasteiger partial charge in [0.1, 0.15) is 11.9 Å². The highest BCUT2D eigenvalue weighted by Crippen LogP contribution is 2.59. The average Bonchev–Trinajstić information content (AvgIpc) is 2.62. The van der Waals surface area contributed by atoms with Crippen LogP contribution in [0.1, 0.15) is 22.0 Å². The first-order valence-corrected chi connectivity index (χ1v) is 8.78. The third-order valence-corrected chi connectivity index (χ3v) is 6.14. The van der Waals surface area contributed by atoms with Gasteiger partial charge in [-0.15, -0.1) is 0 Å². The van der Waals surface area contributed by atoms with Gasteiger partial charge in [0.15, 0.2) is 11.4 Å². The Bertz CT molecular complexity index is 751. The molecule has 3 rings (SSSR count). The van der Waals surface area contributed by atoms with Crippen molar-refractivity contribution in [2.75, 3.05) is 14.2 Å². The van der Waals surface area contributed by atoms with Gasteiger partial charge in [0.05, 0.1) is 5.56 Å². The van der Waals surface area contributed by atoms with Gasteiger partial charge >= 0.3 is 7.60 Å². The van der Waals surface area contributed by atoms with Gasteiger partial charge in [-0.25, -0.2) is 0 Å². The van der Waals surface area contributed by atoms with Gasteiger partial charge in [0.2, 0.25) is 0 Å². The zero-order valence-electron chi connectivity index (χ0n) is 12.8. The third kappa shape index (κ3) is 2.72. The molecule has 0 saturated carbocycles. The number of benzene rings is 2. The van der Waals surface area contributed by atoms with Crippen LogP contribution >= 0.6 is 7.60 Å². The zero-order valence-corrected chi connectivity index (χ0v) is 13.7. The summed E-state index contributed by atoms with van der Waals surface area (Å²) in [7, 11) is -1.11. The van der Waals surface area contributed by atoms with Crippen LogP contribution in [0.25, 0.3) is 0 Å². The summed E-state index contributed by atoms with van der Waals surface area (Å²) in [5.41, 5.74) is 0.0866. The van der Waals surface area contributed by atoms with E-state index in [-0.39, 0.29) is 5.78 Å². The number of ketones is 1. The Balaban J connectivity index is 2.16. The molecule has 0 N–H and O–H groups in total. The van der Waals surface area contributed by atoms with E-state index in [1.165, 1.54) is 14.2 Å².